The van der Waals surface area contributed by atoms with Crippen LogP contribution in [0.25, 0.3) is 0 Å². The van der Waals surface area contributed by atoms with Crippen LogP contribution in [0, 0.1) is 0 Å². The number of hydrogen-bond acceptors (Lipinski definition) is 5. The zero-order valence-electron chi connectivity index (χ0n) is 11.3. The zero-order valence-corrected chi connectivity index (χ0v) is 12.1. The first-order chi connectivity index (χ1) is 9.56. The van der Waals surface area contributed by atoms with Gasteiger partial charge in [-0.2, -0.15) is 0 Å². The summed E-state index contributed by atoms with van der Waals surface area (Å²) in [5, 5.41) is 14.1. The van der Waals surface area contributed by atoms with E-state index < -0.39 is 18.0 Å². The van der Waals surface area contributed by atoms with Gasteiger partial charge in [0.25, 0.3) is 0 Å². The highest BCUT2D eigenvalue weighted by molar-refractivity contribution is 7.99. The smallest absolute Gasteiger partial charge is 0.327 e. The SMILES string of the molecule is COCCNC(=O)CCNC(=O)N1CSC[C@H]1C(=O)O. The van der Waals surface area contributed by atoms with Crippen molar-refractivity contribution in [2.45, 2.75) is 12.5 Å². The summed E-state index contributed by atoms with van der Waals surface area (Å²) in [5.74, 6) is -0.460. The Morgan fingerprint density at radius 3 is 2.75 bits per heavy atom. The number of amides is 3. The van der Waals surface area contributed by atoms with E-state index in [1.165, 1.54) is 16.7 Å². The minimum Gasteiger partial charge on any atom is -0.480 e. The molecule has 1 rings (SSSR count). The fourth-order valence-corrected chi connectivity index (χ4v) is 2.76. The van der Waals surface area contributed by atoms with Gasteiger partial charge < -0.3 is 25.4 Å². The first-order valence-electron chi connectivity index (χ1n) is 6.17. The summed E-state index contributed by atoms with van der Waals surface area (Å²) < 4.78 is 4.79. The number of hydrogen-bond donors (Lipinski definition) is 3. The molecule has 0 saturated carbocycles. The number of thioether (sulfide) groups is 1. The van der Waals surface area contributed by atoms with Crippen molar-refractivity contribution in [1.29, 1.82) is 0 Å². The Kier molecular flexibility index (Phi) is 7.16. The van der Waals surface area contributed by atoms with E-state index in [1.54, 1.807) is 7.11 Å². The van der Waals surface area contributed by atoms with Gasteiger partial charge in [-0.15, -0.1) is 11.8 Å². The third-order valence-electron chi connectivity index (χ3n) is 2.68. The number of nitrogens with zero attached hydrogens (tertiary/aromatic N) is 1. The van der Waals surface area contributed by atoms with Gasteiger partial charge in [-0.3, -0.25) is 4.79 Å². The van der Waals surface area contributed by atoms with Crippen molar-refractivity contribution in [3.63, 3.8) is 0 Å². The van der Waals surface area contributed by atoms with Gasteiger partial charge in [0.15, 0.2) is 0 Å². The highest BCUT2D eigenvalue weighted by Crippen LogP contribution is 2.20. The monoisotopic (exact) mass is 305 g/mol. The molecule has 3 amide bonds. The molecule has 0 unspecified atom stereocenters. The molecule has 9 heteroatoms. The Balaban J connectivity index is 2.23. The molecule has 114 valence electrons. The van der Waals surface area contributed by atoms with E-state index in [4.69, 9.17) is 9.84 Å². The molecule has 1 heterocycles. The van der Waals surface area contributed by atoms with Gasteiger partial charge in [0, 0.05) is 32.4 Å². The second-order valence-electron chi connectivity index (χ2n) is 4.15. The van der Waals surface area contributed by atoms with E-state index >= 15 is 0 Å². The summed E-state index contributed by atoms with van der Waals surface area (Å²) in [6.07, 6.45) is 0.147. The van der Waals surface area contributed by atoms with Crippen LogP contribution in [-0.4, -0.2) is 72.4 Å². The van der Waals surface area contributed by atoms with E-state index in [0.717, 1.165) is 0 Å². The lowest BCUT2D eigenvalue weighted by molar-refractivity contribution is -0.140. The molecule has 1 aliphatic rings. The van der Waals surface area contributed by atoms with Crippen LogP contribution in [0.2, 0.25) is 0 Å². The fraction of sp³-hybridized carbons (Fsp3) is 0.727. The number of carboxylic acids is 1. The molecule has 3 N–H and O–H groups in total. The van der Waals surface area contributed by atoms with Gasteiger partial charge in [0.05, 0.1) is 12.5 Å². The van der Waals surface area contributed by atoms with Gasteiger partial charge in [0.1, 0.15) is 6.04 Å². The first kappa shape index (κ1) is 16.6. The van der Waals surface area contributed by atoms with Crippen LogP contribution >= 0.6 is 11.8 Å². The summed E-state index contributed by atoms with van der Waals surface area (Å²) >= 11 is 1.39. The van der Waals surface area contributed by atoms with Gasteiger partial charge in [-0.05, 0) is 0 Å². The highest BCUT2D eigenvalue weighted by Gasteiger charge is 2.34. The molecule has 0 aliphatic carbocycles. The summed E-state index contributed by atoms with van der Waals surface area (Å²) in [5.41, 5.74) is 0. The minimum atomic E-state index is -1.01. The lowest BCUT2D eigenvalue weighted by Crippen LogP contribution is -2.47. The Labute approximate surface area is 121 Å². The number of carbonyl (C=O) groups is 3. The Morgan fingerprint density at radius 2 is 2.10 bits per heavy atom. The van der Waals surface area contributed by atoms with Crippen LogP contribution < -0.4 is 10.6 Å². The van der Waals surface area contributed by atoms with Crippen molar-refractivity contribution in [2.24, 2.45) is 0 Å². The first-order valence-corrected chi connectivity index (χ1v) is 7.32. The molecular weight excluding hydrogens is 286 g/mol. The van der Waals surface area contributed by atoms with E-state index in [2.05, 4.69) is 10.6 Å². The third kappa shape index (κ3) is 5.25. The topological polar surface area (TPSA) is 108 Å². The second kappa shape index (κ2) is 8.64. The third-order valence-corrected chi connectivity index (χ3v) is 3.70. The minimum absolute atomic E-state index is 0.147. The normalized spacial score (nSPS) is 17.9. The fourth-order valence-electron chi connectivity index (χ4n) is 1.61. The van der Waals surface area contributed by atoms with Gasteiger partial charge >= 0.3 is 12.0 Å². The molecule has 1 saturated heterocycles. The van der Waals surface area contributed by atoms with E-state index in [0.29, 0.717) is 24.8 Å². The molecule has 0 spiro atoms. The molecule has 1 fully saturated rings. The standard InChI is InChI=1S/C11H19N3O5S/c1-19-5-4-12-9(15)2-3-13-11(18)14-7-20-6-8(14)10(16)17/h8H,2-7H2,1H3,(H,12,15)(H,13,18)(H,16,17)/t8-/m0/s1. The van der Waals surface area contributed by atoms with Crippen LogP contribution in [0.1, 0.15) is 6.42 Å². The predicted octanol–water partition coefficient (Wildman–Crippen LogP) is -0.692. The number of carbonyl (C=O) groups excluding carboxylic acids is 2. The molecule has 0 aromatic carbocycles. The number of carboxylic acid groups (broad SMARTS) is 1. The summed E-state index contributed by atoms with van der Waals surface area (Å²) in [4.78, 5) is 35.3. The van der Waals surface area contributed by atoms with Crippen LogP contribution in [0.5, 0.6) is 0 Å². The molecule has 0 bridgehead atoms. The quantitative estimate of drug-likeness (QED) is 0.537. The average Bonchev–Trinajstić information content (AvgIpc) is 2.88. The lowest BCUT2D eigenvalue weighted by atomic mass is 10.3. The van der Waals surface area contributed by atoms with Crippen LogP contribution in [0.15, 0.2) is 0 Å². The molecular formula is C11H19N3O5S. The van der Waals surface area contributed by atoms with Gasteiger partial charge in [-0.25, -0.2) is 9.59 Å². The van der Waals surface area contributed by atoms with Crippen LogP contribution in [0.3, 0.4) is 0 Å². The Morgan fingerprint density at radius 1 is 1.35 bits per heavy atom. The van der Waals surface area contributed by atoms with Crippen molar-refractivity contribution in [3.8, 4) is 0 Å². The maximum absolute atomic E-state index is 11.8. The summed E-state index contributed by atoms with van der Waals surface area (Å²) in [6, 6.07) is -1.25. The van der Waals surface area contributed by atoms with E-state index in [-0.39, 0.29) is 18.9 Å². The largest absolute Gasteiger partial charge is 0.480 e. The predicted molar refractivity (Wildman–Crippen MR) is 73.5 cm³/mol. The maximum atomic E-state index is 11.8. The maximum Gasteiger partial charge on any atom is 0.327 e. The lowest BCUT2D eigenvalue weighted by Gasteiger charge is -2.20. The van der Waals surface area contributed by atoms with Crippen molar-refractivity contribution in [1.82, 2.24) is 15.5 Å². The van der Waals surface area contributed by atoms with E-state index in [9.17, 15) is 14.4 Å². The Hall–Kier alpha value is -1.48. The molecule has 1 atom stereocenters. The number of ether oxygens (including phenoxy) is 1. The number of nitrogens with one attached hydrogen (secondary N) is 2. The number of urea groups is 1. The molecule has 1 aliphatic heterocycles. The molecule has 0 aromatic heterocycles. The summed E-state index contributed by atoms with van der Waals surface area (Å²) in [7, 11) is 1.54. The molecule has 8 nitrogen and oxygen atoms in total. The van der Waals surface area contributed by atoms with Crippen molar-refractivity contribution in [3.05, 3.63) is 0 Å². The molecule has 0 aromatic rings. The van der Waals surface area contributed by atoms with Crippen LogP contribution in [0.4, 0.5) is 4.79 Å². The van der Waals surface area contributed by atoms with Crippen LogP contribution in [-0.2, 0) is 14.3 Å². The number of methoxy groups -OCH3 is 1. The number of rotatable bonds is 7. The van der Waals surface area contributed by atoms with Crippen molar-refractivity contribution < 1.29 is 24.2 Å². The second-order valence-corrected chi connectivity index (χ2v) is 5.15. The van der Waals surface area contributed by atoms with E-state index in [1.807, 2.05) is 0 Å². The summed E-state index contributed by atoms with van der Waals surface area (Å²) in [6.45, 7) is 1.03. The molecule has 20 heavy (non-hydrogen) atoms. The highest BCUT2D eigenvalue weighted by atomic mass is 32.2. The zero-order chi connectivity index (χ0) is 15.0. The number of aliphatic carboxylic acids is 1. The van der Waals surface area contributed by atoms with Gasteiger partial charge in [-0.1, -0.05) is 0 Å². The Bertz CT molecular complexity index is 366. The van der Waals surface area contributed by atoms with Crippen molar-refractivity contribution >= 4 is 29.7 Å². The molecule has 0 radical (unpaired) electrons. The average molecular weight is 305 g/mol. The van der Waals surface area contributed by atoms with Crippen molar-refractivity contribution in [2.75, 3.05) is 38.4 Å². The van der Waals surface area contributed by atoms with Gasteiger partial charge in [0.2, 0.25) is 5.91 Å².